The van der Waals surface area contributed by atoms with Crippen molar-refractivity contribution in [2.75, 3.05) is 18.1 Å². The normalized spacial score (nSPS) is 25.6. The molecule has 2 N–H and O–H groups in total. The van der Waals surface area contributed by atoms with Crippen molar-refractivity contribution in [3.05, 3.63) is 29.8 Å². The number of hydrogen-bond donors (Lipinski definition) is 1. The Balaban J connectivity index is 1.71. The summed E-state index contributed by atoms with van der Waals surface area (Å²) in [6, 6.07) is 8.73. The van der Waals surface area contributed by atoms with Crippen molar-refractivity contribution in [1.82, 2.24) is 0 Å². The van der Waals surface area contributed by atoms with E-state index in [9.17, 15) is 0 Å². The first kappa shape index (κ1) is 13.3. The molecule has 2 nitrogen and oxygen atoms in total. The molecule has 1 saturated carbocycles. The molecule has 3 rings (SSSR count). The van der Waals surface area contributed by atoms with Gasteiger partial charge >= 0.3 is 0 Å². The van der Waals surface area contributed by atoms with Gasteiger partial charge in [-0.3, -0.25) is 0 Å². The van der Waals surface area contributed by atoms with E-state index in [-0.39, 0.29) is 5.41 Å². The molecule has 3 heteroatoms. The monoisotopic (exact) mass is 277 g/mol. The molecule has 0 spiro atoms. The largest absolute Gasteiger partial charge is 0.490 e. The van der Waals surface area contributed by atoms with Crippen LogP contribution in [-0.4, -0.2) is 24.2 Å². The Morgan fingerprint density at radius 3 is 2.53 bits per heavy atom. The Morgan fingerprint density at radius 2 is 1.95 bits per heavy atom. The molecule has 2 fully saturated rings. The van der Waals surface area contributed by atoms with Gasteiger partial charge in [-0.1, -0.05) is 25.0 Å². The van der Waals surface area contributed by atoms with Gasteiger partial charge in [-0.15, -0.1) is 0 Å². The Labute approximate surface area is 120 Å². The van der Waals surface area contributed by atoms with Gasteiger partial charge < -0.3 is 10.5 Å². The Hall–Kier alpha value is -0.670. The van der Waals surface area contributed by atoms with Crippen molar-refractivity contribution in [1.29, 1.82) is 0 Å². The maximum Gasteiger partial charge on any atom is 0.119 e. The summed E-state index contributed by atoms with van der Waals surface area (Å²) in [5.74, 6) is 3.38. The molecule has 1 aromatic rings. The minimum atomic E-state index is 0.238. The van der Waals surface area contributed by atoms with Gasteiger partial charge in [0.2, 0.25) is 0 Å². The van der Waals surface area contributed by atoms with Crippen LogP contribution in [0.4, 0.5) is 0 Å². The van der Waals surface area contributed by atoms with Crippen LogP contribution in [0.3, 0.4) is 0 Å². The fraction of sp³-hybridized carbons (Fsp3) is 0.625. The lowest BCUT2D eigenvalue weighted by Gasteiger charge is -2.28. The topological polar surface area (TPSA) is 35.2 Å². The van der Waals surface area contributed by atoms with E-state index in [0.717, 1.165) is 18.0 Å². The number of rotatable bonds is 4. The molecule has 0 bridgehead atoms. The van der Waals surface area contributed by atoms with Gasteiger partial charge in [0.1, 0.15) is 11.9 Å². The molecular formula is C16H23NOS. The number of ether oxygens (including phenoxy) is 1. The van der Waals surface area contributed by atoms with Crippen LogP contribution in [0.1, 0.15) is 37.7 Å². The Morgan fingerprint density at radius 1 is 1.21 bits per heavy atom. The van der Waals surface area contributed by atoms with Gasteiger partial charge in [0.05, 0.1) is 0 Å². The molecule has 1 aliphatic heterocycles. The summed E-state index contributed by atoms with van der Waals surface area (Å²) in [5.41, 5.74) is 7.68. The van der Waals surface area contributed by atoms with E-state index < -0.39 is 0 Å². The maximum atomic E-state index is 6.04. The van der Waals surface area contributed by atoms with Crippen LogP contribution in [0.25, 0.3) is 0 Å². The third kappa shape index (κ3) is 2.77. The lowest BCUT2D eigenvalue weighted by molar-refractivity contribution is 0.229. The van der Waals surface area contributed by atoms with E-state index in [2.05, 4.69) is 24.3 Å². The van der Waals surface area contributed by atoms with Crippen LogP contribution < -0.4 is 10.5 Å². The zero-order valence-electron chi connectivity index (χ0n) is 11.4. The van der Waals surface area contributed by atoms with E-state index in [1.807, 2.05) is 11.8 Å². The third-order valence-corrected chi connectivity index (χ3v) is 5.74. The molecule has 19 heavy (non-hydrogen) atoms. The van der Waals surface area contributed by atoms with Gasteiger partial charge in [-0.25, -0.2) is 0 Å². The molecule has 1 atom stereocenters. The van der Waals surface area contributed by atoms with Crippen LogP contribution in [-0.2, 0) is 5.41 Å². The van der Waals surface area contributed by atoms with Crippen molar-refractivity contribution in [3.63, 3.8) is 0 Å². The predicted molar refractivity (Wildman–Crippen MR) is 82.0 cm³/mol. The SMILES string of the molecule is NCC1(c2ccc(OC3CCSC3)cc2)CCCC1. The van der Waals surface area contributed by atoms with Gasteiger partial charge in [-0.05, 0) is 42.7 Å². The molecule has 1 aliphatic carbocycles. The number of benzene rings is 1. The average Bonchev–Trinajstić information content (AvgIpc) is 3.11. The maximum absolute atomic E-state index is 6.04. The minimum absolute atomic E-state index is 0.238. The fourth-order valence-corrected chi connectivity index (χ4v) is 4.44. The molecule has 0 amide bonds. The third-order valence-electron chi connectivity index (χ3n) is 4.61. The molecule has 0 aromatic heterocycles. The molecule has 104 valence electrons. The summed E-state index contributed by atoms with van der Waals surface area (Å²) in [5, 5.41) is 0. The summed E-state index contributed by atoms with van der Waals surface area (Å²) in [7, 11) is 0. The summed E-state index contributed by atoms with van der Waals surface area (Å²) in [6.45, 7) is 0.770. The summed E-state index contributed by atoms with van der Waals surface area (Å²) >= 11 is 1.99. The van der Waals surface area contributed by atoms with E-state index in [1.165, 1.54) is 43.4 Å². The second-order valence-electron chi connectivity index (χ2n) is 5.82. The quantitative estimate of drug-likeness (QED) is 0.916. The number of hydrogen-bond acceptors (Lipinski definition) is 3. The standard InChI is InChI=1S/C16H23NOS/c17-12-16(8-1-2-9-16)13-3-5-14(6-4-13)18-15-7-10-19-11-15/h3-6,15H,1-2,7-12,17H2. The van der Waals surface area contributed by atoms with Crippen molar-refractivity contribution < 1.29 is 4.74 Å². The summed E-state index contributed by atoms with van der Waals surface area (Å²) in [6.07, 6.45) is 6.69. The highest BCUT2D eigenvalue weighted by Crippen LogP contribution is 2.40. The van der Waals surface area contributed by atoms with Gasteiger partial charge in [-0.2, -0.15) is 11.8 Å². The lowest BCUT2D eigenvalue weighted by atomic mass is 9.79. The first-order valence-corrected chi connectivity index (χ1v) is 8.53. The van der Waals surface area contributed by atoms with E-state index in [4.69, 9.17) is 10.5 Å². The average molecular weight is 277 g/mol. The van der Waals surface area contributed by atoms with E-state index in [1.54, 1.807) is 0 Å². The van der Waals surface area contributed by atoms with Gasteiger partial charge in [0, 0.05) is 17.7 Å². The fourth-order valence-electron chi connectivity index (χ4n) is 3.35. The number of thioether (sulfide) groups is 1. The summed E-state index contributed by atoms with van der Waals surface area (Å²) in [4.78, 5) is 0. The lowest BCUT2D eigenvalue weighted by Crippen LogP contribution is -2.31. The zero-order valence-corrected chi connectivity index (χ0v) is 12.3. The second-order valence-corrected chi connectivity index (χ2v) is 6.97. The molecule has 1 unspecified atom stereocenters. The van der Waals surface area contributed by atoms with Crippen molar-refractivity contribution in [2.45, 2.75) is 43.6 Å². The van der Waals surface area contributed by atoms with Crippen LogP contribution >= 0.6 is 11.8 Å². The molecule has 0 radical (unpaired) electrons. The highest BCUT2D eigenvalue weighted by atomic mass is 32.2. The zero-order chi connectivity index (χ0) is 13.1. The van der Waals surface area contributed by atoms with Crippen LogP contribution in [0.15, 0.2) is 24.3 Å². The minimum Gasteiger partial charge on any atom is -0.490 e. The Bertz CT molecular complexity index is 405. The highest BCUT2D eigenvalue weighted by molar-refractivity contribution is 7.99. The van der Waals surface area contributed by atoms with Gasteiger partial charge in [0.15, 0.2) is 0 Å². The molecule has 1 saturated heterocycles. The second kappa shape index (κ2) is 5.76. The Kier molecular flexibility index (Phi) is 4.04. The van der Waals surface area contributed by atoms with Gasteiger partial charge in [0.25, 0.3) is 0 Å². The molecule has 1 aromatic carbocycles. The summed E-state index contributed by atoms with van der Waals surface area (Å²) < 4.78 is 6.01. The molecule has 2 aliphatic rings. The molecule has 1 heterocycles. The van der Waals surface area contributed by atoms with Crippen molar-refractivity contribution >= 4 is 11.8 Å². The number of nitrogens with two attached hydrogens (primary N) is 1. The van der Waals surface area contributed by atoms with Crippen LogP contribution in [0.5, 0.6) is 5.75 Å². The van der Waals surface area contributed by atoms with E-state index in [0.29, 0.717) is 6.10 Å². The first-order valence-electron chi connectivity index (χ1n) is 7.37. The predicted octanol–water partition coefficient (Wildman–Crippen LogP) is 3.34. The van der Waals surface area contributed by atoms with Crippen LogP contribution in [0, 0.1) is 0 Å². The first-order chi connectivity index (χ1) is 9.32. The van der Waals surface area contributed by atoms with E-state index >= 15 is 0 Å². The van der Waals surface area contributed by atoms with Crippen molar-refractivity contribution in [3.8, 4) is 5.75 Å². The molecular weight excluding hydrogens is 254 g/mol. The van der Waals surface area contributed by atoms with Crippen molar-refractivity contribution in [2.24, 2.45) is 5.73 Å². The smallest absolute Gasteiger partial charge is 0.119 e. The van der Waals surface area contributed by atoms with Crippen LogP contribution in [0.2, 0.25) is 0 Å². The highest BCUT2D eigenvalue weighted by Gasteiger charge is 2.34.